The van der Waals surface area contributed by atoms with Crippen molar-refractivity contribution in [1.82, 2.24) is 25.1 Å². The average Bonchev–Trinajstić information content (AvgIpc) is 3.19. The predicted octanol–water partition coefficient (Wildman–Crippen LogP) is 3.35. The van der Waals surface area contributed by atoms with Gasteiger partial charge in [0.05, 0.1) is 9.26 Å². The molecular weight excluding hydrogens is 379 g/mol. The Balaban J connectivity index is 2.02. The van der Waals surface area contributed by atoms with Crippen molar-refractivity contribution in [3.05, 3.63) is 15.6 Å². The third kappa shape index (κ3) is 3.17. The van der Waals surface area contributed by atoms with E-state index in [0.717, 1.165) is 28.0 Å². The molecule has 3 rings (SSSR count). The molecule has 1 fully saturated rings. The first-order chi connectivity index (χ1) is 10.3. The first-order valence-corrected chi connectivity index (χ1v) is 8.54. The molecule has 1 aliphatic carbocycles. The van der Waals surface area contributed by atoms with Crippen LogP contribution >= 0.6 is 22.6 Å². The van der Waals surface area contributed by atoms with Gasteiger partial charge in [0.2, 0.25) is 0 Å². The third-order valence-electron chi connectivity index (χ3n) is 3.79. The molecule has 2 N–H and O–H groups in total. The molecule has 0 spiro atoms. The lowest BCUT2D eigenvalue weighted by Gasteiger charge is -2.15. The van der Waals surface area contributed by atoms with E-state index in [1.165, 1.54) is 32.0 Å². The minimum Gasteiger partial charge on any atom is -0.369 e. The van der Waals surface area contributed by atoms with Crippen molar-refractivity contribution >= 4 is 28.4 Å². The smallest absolute Gasteiger partial charge is 0.199 e. The normalized spacial score (nSPS) is 15.5. The molecule has 0 bridgehead atoms. The van der Waals surface area contributed by atoms with Gasteiger partial charge in [0, 0.05) is 12.5 Å². The summed E-state index contributed by atoms with van der Waals surface area (Å²) in [6.45, 7) is 3.06. The Morgan fingerprint density at radius 1 is 1.33 bits per heavy atom. The van der Waals surface area contributed by atoms with Gasteiger partial charge < -0.3 is 5.32 Å². The van der Waals surface area contributed by atoms with Crippen LogP contribution in [0.5, 0.6) is 0 Å². The second-order valence-electron chi connectivity index (χ2n) is 5.34. The highest BCUT2D eigenvalue weighted by molar-refractivity contribution is 14.1. The summed E-state index contributed by atoms with van der Waals surface area (Å²) in [4.78, 5) is 13.6. The number of hydrogen-bond donors (Lipinski definition) is 2. The van der Waals surface area contributed by atoms with Crippen LogP contribution in [0, 0.1) is 3.57 Å². The predicted molar refractivity (Wildman–Crippen MR) is 90.1 cm³/mol. The van der Waals surface area contributed by atoms with Crippen LogP contribution in [0.15, 0.2) is 6.33 Å². The van der Waals surface area contributed by atoms with Gasteiger partial charge in [-0.25, -0.2) is 15.0 Å². The van der Waals surface area contributed by atoms with Gasteiger partial charge in [0.15, 0.2) is 11.6 Å². The SMILES string of the molecule is CCCNc1nc(-c2ncn[nH]2)nc(C2CCCC2)c1I. The van der Waals surface area contributed by atoms with Crippen LogP contribution < -0.4 is 5.32 Å². The molecule has 0 atom stereocenters. The highest BCUT2D eigenvalue weighted by Crippen LogP contribution is 2.37. The molecule has 0 saturated heterocycles. The Kier molecular flexibility index (Phi) is 4.67. The molecule has 6 nitrogen and oxygen atoms in total. The van der Waals surface area contributed by atoms with Gasteiger partial charge in [-0.05, 0) is 41.9 Å². The first kappa shape index (κ1) is 14.7. The van der Waals surface area contributed by atoms with E-state index in [9.17, 15) is 0 Å². The van der Waals surface area contributed by atoms with E-state index in [1.807, 2.05) is 0 Å². The van der Waals surface area contributed by atoms with Gasteiger partial charge in [0.25, 0.3) is 0 Å². The lowest BCUT2D eigenvalue weighted by molar-refractivity contribution is 0.689. The summed E-state index contributed by atoms with van der Waals surface area (Å²) in [5.74, 6) is 2.73. The lowest BCUT2D eigenvalue weighted by atomic mass is 10.0. The topological polar surface area (TPSA) is 79.4 Å². The zero-order valence-corrected chi connectivity index (χ0v) is 14.2. The number of rotatable bonds is 5. The summed E-state index contributed by atoms with van der Waals surface area (Å²) in [5, 5.41) is 10.2. The molecular formula is C14H19IN6. The zero-order valence-electron chi connectivity index (χ0n) is 12.1. The van der Waals surface area contributed by atoms with Gasteiger partial charge >= 0.3 is 0 Å². The maximum Gasteiger partial charge on any atom is 0.199 e. The van der Waals surface area contributed by atoms with E-state index in [0.29, 0.717) is 17.6 Å². The molecule has 0 aromatic carbocycles. The molecule has 0 radical (unpaired) electrons. The molecule has 0 unspecified atom stereocenters. The van der Waals surface area contributed by atoms with Crippen LogP contribution in [0.3, 0.4) is 0 Å². The quantitative estimate of drug-likeness (QED) is 0.756. The fraction of sp³-hybridized carbons (Fsp3) is 0.571. The van der Waals surface area contributed by atoms with E-state index in [-0.39, 0.29) is 0 Å². The standard InChI is InChI=1S/C14H19IN6/c1-2-7-16-12-10(15)11(9-5-3-4-6-9)19-14(20-12)13-17-8-18-21-13/h8-9H,2-7H2,1H3,(H,16,19,20)(H,17,18,21). The number of hydrogen-bond acceptors (Lipinski definition) is 5. The third-order valence-corrected chi connectivity index (χ3v) is 4.85. The Morgan fingerprint density at radius 3 is 2.81 bits per heavy atom. The minimum absolute atomic E-state index is 0.545. The molecule has 2 heterocycles. The molecule has 112 valence electrons. The molecule has 21 heavy (non-hydrogen) atoms. The van der Waals surface area contributed by atoms with Crippen LogP contribution in [-0.4, -0.2) is 31.7 Å². The van der Waals surface area contributed by atoms with E-state index < -0.39 is 0 Å². The van der Waals surface area contributed by atoms with Gasteiger partial charge in [0.1, 0.15) is 12.1 Å². The number of aromatic amines is 1. The molecule has 0 amide bonds. The van der Waals surface area contributed by atoms with Crippen LogP contribution in [0.4, 0.5) is 5.82 Å². The second kappa shape index (κ2) is 6.67. The van der Waals surface area contributed by atoms with Gasteiger partial charge in [-0.15, -0.1) is 0 Å². The van der Waals surface area contributed by atoms with Gasteiger partial charge in [-0.3, -0.25) is 5.10 Å². The summed E-state index contributed by atoms with van der Waals surface area (Å²) < 4.78 is 1.15. The minimum atomic E-state index is 0.545. The van der Waals surface area contributed by atoms with E-state index in [4.69, 9.17) is 4.98 Å². The summed E-state index contributed by atoms with van der Waals surface area (Å²) in [5.41, 5.74) is 1.16. The fourth-order valence-corrected chi connectivity index (χ4v) is 3.59. The Bertz CT molecular complexity index is 592. The number of nitrogens with zero attached hydrogens (tertiary/aromatic N) is 4. The summed E-state index contributed by atoms with van der Waals surface area (Å²) in [6, 6.07) is 0. The molecule has 2 aromatic rings. The number of H-pyrrole nitrogens is 1. The second-order valence-corrected chi connectivity index (χ2v) is 6.42. The summed E-state index contributed by atoms with van der Waals surface area (Å²) in [7, 11) is 0. The maximum absolute atomic E-state index is 4.77. The highest BCUT2D eigenvalue weighted by Gasteiger charge is 2.24. The summed E-state index contributed by atoms with van der Waals surface area (Å²) >= 11 is 2.37. The lowest BCUT2D eigenvalue weighted by Crippen LogP contribution is -2.11. The van der Waals surface area contributed by atoms with Crippen molar-refractivity contribution in [1.29, 1.82) is 0 Å². The number of anilines is 1. The molecule has 2 aromatic heterocycles. The van der Waals surface area contributed by atoms with E-state index in [1.54, 1.807) is 0 Å². The van der Waals surface area contributed by atoms with E-state index in [2.05, 4.69) is 55.0 Å². The fourth-order valence-electron chi connectivity index (χ4n) is 2.71. The van der Waals surface area contributed by atoms with Crippen LogP contribution in [-0.2, 0) is 0 Å². The number of nitrogens with one attached hydrogen (secondary N) is 2. The van der Waals surface area contributed by atoms with Gasteiger partial charge in [-0.1, -0.05) is 19.8 Å². The monoisotopic (exact) mass is 398 g/mol. The molecule has 1 saturated carbocycles. The van der Waals surface area contributed by atoms with Gasteiger partial charge in [-0.2, -0.15) is 5.10 Å². The number of halogens is 1. The molecule has 0 aliphatic heterocycles. The van der Waals surface area contributed by atoms with Crippen molar-refractivity contribution < 1.29 is 0 Å². The van der Waals surface area contributed by atoms with Crippen molar-refractivity contribution in [2.45, 2.75) is 44.9 Å². The van der Waals surface area contributed by atoms with Crippen molar-refractivity contribution in [2.75, 3.05) is 11.9 Å². The average molecular weight is 398 g/mol. The first-order valence-electron chi connectivity index (χ1n) is 7.46. The van der Waals surface area contributed by atoms with Crippen LogP contribution in [0.2, 0.25) is 0 Å². The van der Waals surface area contributed by atoms with Crippen molar-refractivity contribution in [3.63, 3.8) is 0 Å². The van der Waals surface area contributed by atoms with E-state index >= 15 is 0 Å². The number of aromatic nitrogens is 5. The molecule has 1 aliphatic rings. The van der Waals surface area contributed by atoms with Crippen molar-refractivity contribution in [3.8, 4) is 11.6 Å². The van der Waals surface area contributed by atoms with Crippen LogP contribution in [0.25, 0.3) is 11.6 Å². The summed E-state index contributed by atoms with van der Waals surface area (Å²) in [6.07, 6.45) is 7.58. The Hall–Kier alpha value is -1.25. The maximum atomic E-state index is 4.77. The largest absolute Gasteiger partial charge is 0.369 e. The Labute approximate surface area is 137 Å². The molecule has 7 heteroatoms. The zero-order chi connectivity index (χ0) is 14.7. The van der Waals surface area contributed by atoms with Crippen LogP contribution in [0.1, 0.15) is 50.6 Å². The van der Waals surface area contributed by atoms with Crippen molar-refractivity contribution in [2.24, 2.45) is 0 Å². The highest BCUT2D eigenvalue weighted by atomic mass is 127. The Morgan fingerprint density at radius 2 is 2.14 bits per heavy atom.